The molecule has 0 bridgehead atoms. The van der Waals surface area contributed by atoms with Crippen LogP contribution in [0.25, 0.3) is 0 Å². The second-order valence-corrected chi connectivity index (χ2v) is 15.1. The average Bonchev–Trinajstić information content (AvgIpc) is 3.24. The van der Waals surface area contributed by atoms with E-state index < -0.39 is 43.4 Å². The molecule has 0 aromatic rings. The maximum atomic E-state index is 12.8. The Balaban J connectivity index is 2.32. The first-order chi connectivity index (χ1) is 28.9. The highest BCUT2D eigenvalue weighted by molar-refractivity contribution is 5.69. The molecule has 0 aromatic carbocycles. The maximum absolute atomic E-state index is 12.8. The number of aliphatic hydroxyl groups excluding tert-OH is 4. The number of allylic oxidation sites excluding steroid dienone is 16. The number of hydrogen-bond acceptors (Lipinski definition) is 9. The van der Waals surface area contributed by atoms with E-state index in [-0.39, 0.29) is 25.6 Å². The molecule has 4 N–H and O–H groups in total. The van der Waals surface area contributed by atoms with Gasteiger partial charge in [-0.25, -0.2) is 0 Å². The predicted molar refractivity (Wildman–Crippen MR) is 242 cm³/mol. The molecule has 336 valence electrons. The van der Waals surface area contributed by atoms with Crippen molar-refractivity contribution in [2.45, 2.75) is 185 Å². The standard InChI is InChI=1S/C50H82O9/c1-3-5-7-9-11-13-15-17-19-20-21-22-23-24-25-27-29-31-33-35-37-39-46(52)58-44(43-57-50-49(55)48(54)47(53)45(41-51)59-50)42-56-40-38-36-34-32-30-28-26-18-16-14-12-10-8-6-4-2/h5,7,10-13,16-19,21-22,24-25,29,31,44-45,47-51,53-55H,3-4,6,8-9,14-15,20,23,26-28,30,32-43H2,1-2H3/b7-5-,12-10-,13-11-,18-16-,19-17-,22-21-,25-24-,31-29-. The van der Waals surface area contributed by atoms with Gasteiger partial charge >= 0.3 is 5.97 Å². The molecule has 0 radical (unpaired) electrons. The van der Waals surface area contributed by atoms with Gasteiger partial charge in [-0.3, -0.25) is 4.79 Å². The molecule has 1 aliphatic rings. The topological polar surface area (TPSA) is 135 Å². The zero-order valence-corrected chi connectivity index (χ0v) is 36.7. The molecule has 6 atom stereocenters. The lowest BCUT2D eigenvalue weighted by Crippen LogP contribution is -2.59. The highest BCUT2D eigenvalue weighted by atomic mass is 16.7. The van der Waals surface area contributed by atoms with Crippen molar-refractivity contribution in [3.05, 3.63) is 97.2 Å². The summed E-state index contributed by atoms with van der Waals surface area (Å²) >= 11 is 0. The first-order valence-electron chi connectivity index (χ1n) is 22.8. The third kappa shape index (κ3) is 31.6. The minimum Gasteiger partial charge on any atom is -0.457 e. The monoisotopic (exact) mass is 827 g/mol. The van der Waals surface area contributed by atoms with Gasteiger partial charge in [-0.05, 0) is 89.9 Å². The number of carbonyl (C=O) groups excluding carboxylic acids is 1. The first-order valence-corrected chi connectivity index (χ1v) is 22.8. The van der Waals surface area contributed by atoms with Crippen LogP contribution in [0.2, 0.25) is 0 Å². The fourth-order valence-corrected chi connectivity index (χ4v) is 6.16. The molecule has 1 saturated heterocycles. The molecule has 0 aromatic heterocycles. The normalized spacial score (nSPS) is 21.1. The van der Waals surface area contributed by atoms with Crippen LogP contribution in [0, 0.1) is 0 Å². The van der Waals surface area contributed by atoms with E-state index in [1.54, 1.807) is 0 Å². The summed E-state index contributed by atoms with van der Waals surface area (Å²) in [5.74, 6) is -0.364. The van der Waals surface area contributed by atoms with E-state index >= 15 is 0 Å². The highest BCUT2D eigenvalue weighted by Crippen LogP contribution is 2.22. The fourth-order valence-electron chi connectivity index (χ4n) is 6.16. The lowest BCUT2D eigenvalue weighted by molar-refractivity contribution is -0.305. The number of unbranched alkanes of at least 4 members (excludes halogenated alkanes) is 10. The van der Waals surface area contributed by atoms with E-state index in [4.69, 9.17) is 18.9 Å². The number of ether oxygens (including phenoxy) is 4. The van der Waals surface area contributed by atoms with Crippen LogP contribution >= 0.6 is 0 Å². The van der Waals surface area contributed by atoms with Crippen LogP contribution < -0.4 is 0 Å². The molecular formula is C50H82O9. The summed E-state index contributed by atoms with van der Waals surface area (Å²) in [4.78, 5) is 12.8. The minimum atomic E-state index is -1.55. The van der Waals surface area contributed by atoms with Gasteiger partial charge in [0.25, 0.3) is 0 Å². The van der Waals surface area contributed by atoms with Crippen molar-refractivity contribution in [1.82, 2.24) is 0 Å². The van der Waals surface area contributed by atoms with E-state index in [1.165, 1.54) is 38.5 Å². The largest absolute Gasteiger partial charge is 0.457 e. The van der Waals surface area contributed by atoms with Gasteiger partial charge in [0.1, 0.15) is 30.5 Å². The number of aliphatic hydroxyl groups is 4. The SMILES string of the molecule is CC/C=C\C/C=C\C/C=C\C/C=C\C/C=C\C/C=C\CCCCC(=O)OC(COCCCCCCCC/C=C\C/C=C\CCCC)COC1OC(CO)C(O)C(O)C1O. The van der Waals surface area contributed by atoms with Crippen LogP contribution in [-0.2, 0) is 23.7 Å². The van der Waals surface area contributed by atoms with Crippen LogP contribution in [0.1, 0.15) is 149 Å². The van der Waals surface area contributed by atoms with Gasteiger partial charge < -0.3 is 39.4 Å². The summed E-state index contributed by atoms with van der Waals surface area (Å²) in [6, 6.07) is 0. The zero-order valence-electron chi connectivity index (χ0n) is 36.7. The van der Waals surface area contributed by atoms with Crippen molar-refractivity contribution in [1.29, 1.82) is 0 Å². The van der Waals surface area contributed by atoms with Gasteiger partial charge in [-0.1, -0.05) is 150 Å². The molecule has 9 heteroatoms. The zero-order chi connectivity index (χ0) is 42.9. The Morgan fingerprint density at radius 2 is 1.03 bits per heavy atom. The van der Waals surface area contributed by atoms with Gasteiger partial charge in [0.15, 0.2) is 6.29 Å². The van der Waals surface area contributed by atoms with E-state index in [1.807, 2.05) is 0 Å². The minimum absolute atomic E-state index is 0.113. The number of rotatable bonds is 37. The lowest BCUT2D eigenvalue weighted by Gasteiger charge is -2.39. The fraction of sp³-hybridized carbons (Fsp3) is 0.660. The summed E-state index contributed by atoms with van der Waals surface area (Å²) in [7, 11) is 0. The average molecular weight is 827 g/mol. The number of esters is 1. The maximum Gasteiger partial charge on any atom is 0.306 e. The summed E-state index contributed by atoms with van der Waals surface area (Å²) < 4.78 is 22.8. The molecule has 0 spiro atoms. The quantitative estimate of drug-likeness (QED) is 0.0274. The van der Waals surface area contributed by atoms with Gasteiger partial charge in [-0.2, -0.15) is 0 Å². The van der Waals surface area contributed by atoms with Gasteiger partial charge in [-0.15, -0.1) is 0 Å². The molecule has 1 rings (SSSR count). The summed E-state index contributed by atoms with van der Waals surface area (Å²) in [5, 5.41) is 40.1. The van der Waals surface area contributed by atoms with Crippen molar-refractivity contribution in [3.8, 4) is 0 Å². The third-order valence-corrected chi connectivity index (χ3v) is 9.73. The van der Waals surface area contributed by atoms with Crippen molar-refractivity contribution >= 4 is 5.97 Å². The Bertz CT molecular complexity index is 1210. The third-order valence-electron chi connectivity index (χ3n) is 9.73. The van der Waals surface area contributed by atoms with Crippen molar-refractivity contribution in [2.75, 3.05) is 26.4 Å². The molecule has 6 unspecified atom stereocenters. The van der Waals surface area contributed by atoms with E-state index in [0.717, 1.165) is 83.5 Å². The van der Waals surface area contributed by atoms with Crippen LogP contribution in [0.4, 0.5) is 0 Å². The van der Waals surface area contributed by atoms with Gasteiger partial charge in [0, 0.05) is 13.0 Å². The van der Waals surface area contributed by atoms with Crippen molar-refractivity contribution in [3.63, 3.8) is 0 Å². The lowest BCUT2D eigenvalue weighted by atomic mass is 9.99. The molecular weight excluding hydrogens is 745 g/mol. The molecule has 0 saturated carbocycles. The first kappa shape index (κ1) is 54.1. The molecule has 1 aliphatic heterocycles. The van der Waals surface area contributed by atoms with Crippen LogP contribution in [0.5, 0.6) is 0 Å². The van der Waals surface area contributed by atoms with Crippen molar-refractivity contribution in [2.24, 2.45) is 0 Å². The Morgan fingerprint density at radius 3 is 1.56 bits per heavy atom. The predicted octanol–water partition coefficient (Wildman–Crippen LogP) is 10.4. The van der Waals surface area contributed by atoms with E-state index in [0.29, 0.717) is 13.0 Å². The second kappa shape index (κ2) is 40.5. The Morgan fingerprint density at radius 1 is 0.559 bits per heavy atom. The van der Waals surface area contributed by atoms with Gasteiger partial charge in [0.05, 0.1) is 19.8 Å². The van der Waals surface area contributed by atoms with Crippen LogP contribution in [0.3, 0.4) is 0 Å². The smallest absolute Gasteiger partial charge is 0.306 e. The number of carbonyl (C=O) groups is 1. The number of hydrogen-bond donors (Lipinski definition) is 4. The Kier molecular flexibility index (Phi) is 37.2. The Hall–Kier alpha value is -2.89. The van der Waals surface area contributed by atoms with Crippen LogP contribution in [-0.4, -0.2) is 89.6 Å². The summed E-state index contributed by atoms with van der Waals surface area (Å²) in [6.07, 6.45) is 48.6. The molecule has 1 heterocycles. The van der Waals surface area contributed by atoms with E-state index in [9.17, 15) is 25.2 Å². The molecule has 0 amide bonds. The second-order valence-electron chi connectivity index (χ2n) is 15.1. The van der Waals surface area contributed by atoms with Gasteiger partial charge in [0.2, 0.25) is 0 Å². The molecule has 9 nitrogen and oxygen atoms in total. The van der Waals surface area contributed by atoms with E-state index in [2.05, 4.69) is 111 Å². The summed E-state index contributed by atoms with van der Waals surface area (Å²) in [6.45, 7) is 4.30. The molecule has 0 aliphatic carbocycles. The Labute approximate surface area is 358 Å². The molecule has 1 fully saturated rings. The van der Waals surface area contributed by atoms with Crippen LogP contribution in [0.15, 0.2) is 97.2 Å². The molecule has 59 heavy (non-hydrogen) atoms. The highest BCUT2D eigenvalue weighted by Gasteiger charge is 2.44. The van der Waals surface area contributed by atoms with Crippen molar-refractivity contribution < 1.29 is 44.2 Å². The summed E-state index contributed by atoms with van der Waals surface area (Å²) in [5.41, 5.74) is 0.